The maximum Gasteiger partial charge on any atom is 0.287 e. The van der Waals surface area contributed by atoms with E-state index in [0.29, 0.717) is 12.2 Å². The molecule has 8 heteroatoms. The summed E-state index contributed by atoms with van der Waals surface area (Å²) in [4.78, 5) is 11.9. The molecule has 0 aromatic carbocycles. The van der Waals surface area contributed by atoms with Crippen LogP contribution in [0.2, 0.25) is 5.02 Å². The minimum Gasteiger partial charge on any atom is -0.394 e. The van der Waals surface area contributed by atoms with Gasteiger partial charge in [0, 0.05) is 18.4 Å². The van der Waals surface area contributed by atoms with Gasteiger partial charge < -0.3 is 10.4 Å². The highest BCUT2D eigenvalue weighted by molar-refractivity contribution is 6.32. The van der Waals surface area contributed by atoms with E-state index < -0.39 is 5.56 Å². The van der Waals surface area contributed by atoms with Gasteiger partial charge in [-0.15, -0.1) is 0 Å². The molecule has 0 bridgehead atoms. The van der Waals surface area contributed by atoms with Crippen molar-refractivity contribution in [3.63, 3.8) is 0 Å². The van der Waals surface area contributed by atoms with Crippen LogP contribution in [0.4, 0.5) is 5.69 Å². The number of hydrogen-bond acceptors (Lipinski definition) is 5. The predicted molar refractivity (Wildman–Crippen MR) is 75.9 cm³/mol. The monoisotopic (exact) mass is 297 g/mol. The highest BCUT2D eigenvalue weighted by Gasteiger charge is 2.11. The van der Waals surface area contributed by atoms with E-state index in [2.05, 4.69) is 15.5 Å². The second-order valence-electron chi connectivity index (χ2n) is 4.40. The van der Waals surface area contributed by atoms with E-state index in [9.17, 15) is 4.79 Å². The van der Waals surface area contributed by atoms with Crippen LogP contribution in [0.1, 0.15) is 6.92 Å². The minimum absolute atomic E-state index is 0.0299. The number of aliphatic hydroxyl groups is 1. The van der Waals surface area contributed by atoms with Gasteiger partial charge in [-0.1, -0.05) is 11.6 Å². The lowest BCUT2D eigenvalue weighted by molar-refractivity contribution is 0.266. The van der Waals surface area contributed by atoms with Gasteiger partial charge in [0.25, 0.3) is 5.56 Å². The number of aromatic nitrogens is 4. The van der Waals surface area contributed by atoms with E-state index in [-0.39, 0.29) is 24.2 Å². The fourth-order valence-electron chi connectivity index (χ4n) is 1.82. The fourth-order valence-corrected chi connectivity index (χ4v) is 2.02. The third-order valence-corrected chi connectivity index (χ3v) is 3.08. The van der Waals surface area contributed by atoms with E-state index in [4.69, 9.17) is 16.7 Å². The maximum absolute atomic E-state index is 11.9. The van der Waals surface area contributed by atoms with Crippen LogP contribution in [0.25, 0.3) is 0 Å². The van der Waals surface area contributed by atoms with Crippen LogP contribution in [0.3, 0.4) is 0 Å². The summed E-state index contributed by atoms with van der Waals surface area (Å²) >= 11 is 6.02. The molecule has 0 radical (unpaired) electrons. The summed E-state index contributed by atoms with van der Waals surface area (Å²) in [6, 6.07) is 1.87. The molecule has 0 spiro atoms. The molecule has 0 fully saturated rings. The molecule has 0 saturated carbocycles. The summed E-state index contributed by atoms with van der Waals surface area (Å²) in [5.41, 5.74) is 0.0579. The van der Waals surface area contributed by atoms with E-state index in [0.717, 1.165) is 4.68 Å². The average Bonchev–Trinajstić information content (AvgIpc) is 2.91. The quantitative estimate of drug-likeness (QED) is 0.815. The van der Waals surface area contributed by atoms with Crippen molar-refractivity contribution in [2.24, 2.45) is 0 Å². The van der Waals surface area contributed by atoms with Gasteiger partial charge in [-0.3, -0.25) is 9.48 Å². The Morgan fingerprint density at radius 2 is 2.30 bits per heavy atom. The van der Waals surface area contributed by atoms with Crippen LogP contribution in [0.15, 0.2) is 29.5 Å². The van der Waals surface area contributed by atoms with Gasteiger partial charge in [-0.25, -0.2) is 4.68 Å². The number of hydrogen-bond donors (Lipinski definition) is 2. The standard InChI is InChI=1S/C12H16ClN5O2/c1-9(8-17-4-2-3-14-17)16-10-7-15-18(5-6-19)12(20)11(10)13/h2-4,7,9,16,19H,5-6,8H2,1H3. The molecule has 1 unspecified atom stereocenters. The summed E-state index contributed by atoms with van der Waals surface area (Å²) in [7, 11) is 0. The lowest BCUT2D eigenvalue weighted by atomic mass is 10.3. The number of nitrogens with one attached hydrogen (secondary N) is 1. The largest absolute Gasteiger partial charge is 0.394 e. The zero-order chi connectivity index (χ0) is 14.5. The lowest BCUT2D eigenvalue weighted by Crippen LogP contribution is -2.28. The van der Waals surface area contributed by atoms with E-state index in [1.165, 1.54) is 6.20 Å². The van der Waals surface area contributed by atoms with Crippen molar-refractivity contribution in [1.29, 1.82) is 0 Å². The zero-order valence-corrected chi connectivity index (χ0v) is 11.8. The molecule has 0 aliphatic heterocycles. The van der Waals surface area contributed by atoms with Gasteiger partial charge in [-0.05, 0) is 13.0 Å². The molecular formula is C12H16ClN5O2. The van der Waals surface area contributed by atoms with Gasteiger partial charge in [0.1, 0.15) is 5.02 Å². The summed E-state index contributed by atoms with van der Waals surface area (Å²) in [5, 5.41) is 20.1. The van der Waals surface area contributed by atoms with Gasteiger partial charge in [0.05, 0.1) is 31.6 Å². The van der Waals surface area contributed by atoms with Crippen molar-refractivity contribution in [2.45, 2.75) is 26.1 Å². The van der Waals surface area contributed by atoms with Crippen molar-refractivity contribution in [1.82, 2.24) is 19.6 Å². The molecule has 108 valence electrons. The van der Waals surface area contributed by atoms with Crippen LogP contribution in [0, 0.1) is 0 Å². The first-order valence-corrected chi connectivity index (χ1v) is 6.60. The smallest absolute Gasteiger partial charge is 0.287 e. The zero-order valence-electron chi connectivity index (χ0n) is 11.0. The average molecular weight is 298 g/mol. The van der Waals surface area contributed by atoms with E-state index in [1.54, 1.807) is 10.9 Å². The van der Waals surface area contributed by atoms with Crippen LogP contribution < -0.4 is 10.9 Å². The Hall–Kier alpha value is -1.86. The third kappa shape index (κ3) is 3.37. The van der Waals surface area contributed by atoms with Crippen LogP contribution in [-0.4, -0.2) is 37.3 Å². The highest BCUT2D eigenvalue weighted by atomic mass is 35.5. The van der Waals surface area contributed by atoms with E-state index in [1.807, 2.05) is 19.2 Å². The Morgan fingerprint density at radius 3 is 2.95 bits per heavy atom. The van der Waals surface area contributed by atoms with Crippen LogP contribution >= 0.6 is 11.6 Å². The summed E-state index contributed by atoms with van der Waals surface area (Å²) in [6.07, 6.45) is 5.05. The molecule has 2 heterocycles. The number of aliphatic hydroxyl groups excluding tert-OH is 1. The Morgan fingerprint density at radius 1 is 1.50 bits per heavy atom. The van der Waals surface area contributed by atoms with Gasteiger partial charge >= 0.3 is 0 Å². The summed E-state index contributed by atoms with van der Waals surface area (Å²) in [5.74, 6) is 0. The fraction of sp³-hybridized carbons (Fsp3) is 0.417. The second-order valence-corrected chi connectivity index (χ2v) is 4.78. The molecule has 2 rings (SSSR count). The SMILES string of the molecule is CC(Cn1cccn1)Nc1cnn(CCO)c(=O)c1Cl. The second kappa shape index (κ2) is 6.53. The van der Waals surface area contributed by atoms with Crippen molar-refractivity contribution >= 4 is 17.3 Å². The molecule has 0 saturated heterocycles. The first-order valence-electron chi connectivity index (χ1n) is 6.22. The van der Waals surface area contributed by atoms with Crippen LogP contribution in [-0.2, 0) is 13.1 Å². The third-order valence-electron chi connectivity index (χ3n) is 2.72. The molecule has 20 heavy (non-hydrogen) atoms. The summed E-state index contributed by atoms with van der Waals surface area (Å²) < 4.78 is 2.91. The van der Waals surface area contributed by atoms with Gasteiger partial charge in [-0.2, -0.15) is 10.2 Å². The Bertz CT molecular complexity index is 611. The number of nitrogens with zero attached hydrogens (tertiary/aromatic N) is 4. The molecule has 0 aliphatic rings. The lowest BCUT2D eigenvalue weighted by Gasteiger charge is -2.16. The Balaban J connectivity index is 2.09. The molecule has 0 aliphatic carbocycles. The number of rotatable bonds is 6. The Kier molecular flexibility index (Phi) is 4.75. The highest BCUT2D eigenvalue weighted by Crippen LogP contribution is 2.16. The molecular weight excluding hydrogens is 282 g/mol. The normalized spacial score (nSPS) is 12.3. The Labute approximate surface area is 120 Å². The molecule has 2 aromatic heterocycles. The predicted octanol–water partition coefficient (Wildman–Crippen LogP) is 0.586. The van der Waals surface area contributed by atoms with Gasteiger partial charge in [0.15, 0.2) is 0 Å². The number of halogens is 1. The summed E-state index contributed by atoms with van der Waals surface area (Å²) in [6.45, 7) is 2.56. The maximum atomic E-state index is 11.9. The molecule has 2 N–H and O–H groups in total. The molecule has 1 atom stereocenters. The van der Waals surface area contributed by atoms with Crippen LogP contribution in [0.5, 0.6) is 0 Å². The van der Waals surface area contributed by atoms with Crippen molar-refractivity contribution in [3.8, 4) is 0 Å². The first kappa shape index (κ1) is 14.5. The minimum atomic E-state index is -0.419. The van der Waals surface area contributed by atoms with Crippen molar-refractivity contribution < 1.29 is 5.11 Å². The molecule has 2 aromatic rings. The molecule has 7 nitrogen and oxygen atoms in total. The van der Waals surface area contributed by atoms with E-state index >= 15 is 0 Å². The molecule has 0 amide bonds. The van der Waals surface area contributed by atoms with Crippen molar-refractivity contribution in [2.75, 3.05) is 11.9 Å². The van der Waals surface area contributed by atoms with Crippen molar-refractivity contribution in [3.05, 3.63) is 40.0 Å². The first-order chi connectivity index (χ1) is 9.61. The van der Waals surface area contributed by atoms with Gasteiger partial charge in [0.2, 0.25) is 0 Å². The topological polar surface area (TPSA) is 85.0 Å². The number of anilines is 1.